The van der Waals surface area contributed by atoms with Gasteiger partial charge in [-0.2, -0.15) is 0 Å². The van der Waals surface area contributed by atoms with Gasteiger partial charge in [-0.25, -0.2) is 14.8 Å². The van der Waals surface area contributed by atoms with Crippen molar-refractivity contribution in [1.82, 2.24) is 9.97 Å². The van der Waals surface area contributed by atoms with Gasteiger partial charge in [-0.1, -0.05) is 24.3 Å². The van der Waals surface area contributed by atoms with Crippen LogP contribution in [-0.4, -0.2) is 37.2 Å². The number of rotatable bonds is 7. The minimum Gasteiger partial charge on any atom is -0.497 e. The summed E-state index contributed by atoms with van der Waals surface area (Å²) in [6, 6.07) is 14.8. The first-order valence-electron chi connectivity index (χ1n) is 8.93. The molecule has 8 nitrogen and oxygen atoms in total. The number of nitrogen functional groups attached to an aromatic ring is 1. The van der Waals surface area contributed by atoms with Crippen molar-refractivity contribution in [2.24, 2.45) is 0 Å². The summed E-state index contributed by atoms with van der Waals surface area (Å²) in [6.07, 6.45) is 1.43. The van der Waals surface area contributed by atoms with E-state index in [4.69, 9.17) is 15.2 Å². The first kappa shape index (κ1) is 19.9. The lowest BCUT2D eigenvalue weighted by Crippen LogP contribution is -2.18. The van der Waals surface area contributed by atoms with E-state index in [1.807, 2.05) is 30.3 Å². The molecule has 0 amide bonds. The molecule has 3 N–H and O–H groups in total. The van der Waals surface area contributed by atoms with Crippen molar-refractivity contribution in [3.8, 4) is 5.75 Å². The van der Waals surface area contributed by atoms with Gasteiger partial charge < -0.3 is 25.4 Å². The number of hydrogen-bond donors (Lipinski definition) is 2. The third-order valence-corrected chi connectivity index (χ3v) is 4.47. The Morgan fingerprint density at radius 2 is 1.83 bits per heavy atom. The maximum absolute atomic E-state index is 12.1. The quantitative estimate of drug-likeness (QED) is 0.590. The average Bonchev–Trinajstić information content (AvgIpc) is 2.77. The Hall–Kier alpha value is -3.81. The molecule has 0 atom stereocenters. The van der Waals surface area contributed by atoms with Crippen molar-refractivity contribution in [3.63, 3.8) is 0 Å². The van der Waals surface area contributed by atoms with Gasteiger partial charge in [0, 0.05) is 13.6 Å². The second-order valence-electron chi connectivity index (χ2n) is 6.23. The molecule has 150 valence electrons. The summed E-state index contributed by atoms with van der Waals surface area (Å²) in [5.41, 5.74) is 8.80. The SMILES string of the molecule is COC(=O)c1ccccc1N(C)c1ncnc(NCc2ccc(OC)cc2)c1N. The lowest BCUT2D eigenvalue weighted by atomic mass is 10.1. The molecular formula is C21H23N5O3. The summed E-state index contributed by atoms with van der Waals surface area (Å²) >= 11 is 0. The van der Waals surface area contributed by atoms with Crippen LogP contribution in [0, 0.1) is 0 Å². The second kappa shape index (κ2) is 8.92. The van der Waals surface area contributed by atoms with Crippen LogP contribution in [0.5, 0.6) is 5.75 Å². The molecule has 1 aromatic heterocycles. The second-order valence-corrected chi connectivity index (χ2v) is 6.23. The topological polar surface area (TPSA) is 103 Å². The highest BCUT2D eigenvalue weighted by Gasteiger charge is 2.19. The van der Waals surface area contributed by atoms with Gasteiger partial charge in [0.15, 0.2) is 11.6 Å². The molecule has 0 radical (unpaired) electrons. The van der Waals surface area contributed by atoms with Crippen molar-refractivity contribution in [3.05, 3.63) is 66.0 Å². The lowest BCUT2D eigenvalue weighted by molar-refractivity contribution is 0.0601. The molecule has 0 fully saturated rings. The van der Waals surface area contributed by atoms with Crippen LogP contribution in [0.1, 0.15) is 15.9 Å². The summed E-state index contributed by atoms with van der Waals surface area (Å²) < 4.78 is 10.0. The van der Waals surface area contributed by atoms with Crippen LogP contribution in [-0.2, 0) is 11.3 Å². The Bertz CT molecular complexity index is 992. The molecule has 0 bridgehead atoms. The largest absolute Gasteiger partial charge is 0.497 e. The molecular weight excluding hydrogens is 370 g/mol. The molecule has 29 heavy (non-hydrogen) atoms. The summed E-state index contributed by atoms with van der Waals surface area (Å²) in [7, 11) is 4.76. The van der Waals surface area contributed by atoms with Gasteiger partial charge in [-0.15, -0.1) is 0 Å². The van der Waals surface area contributed by atoms with Crippen LogP contribution >= 0.6 is 0 Å². The highest BCUT2D eigenvalue weighted by Crippen LogP contribution is 2.32. The molecule has 3 aromatic rings. The van der Waals surface area contributed by atoms with Gasteiger partial charge in [-0.3, -0.25) is 0 Å². The fraction of sp³-hybridized carbons (Fsp3) is 0.190. The maximum Gasteiger partial charge on any atom is 0.339 e. The number of anilines is 4. The van der Waals surface area contributed by atoms with Gasteiger partial charge in [-0.05, 0) is 29.8 Å². The van der Waals surface area contributed by atoms with E-state index in [1.54, 1.807) is 37.3 Å². The number of nitrogens with two attached hydrogens (primary N) is 1. The Morgan fingerprint density at radius 1 is 1.10 bits per heavy atom. The maximum atomic E-state index is 12.1. The first-order valence-corrected chi connectivity index (χ1v) is 8.93. The van der Waals surface area contributed by atoms with Crippen LogP contribution in [0.2, 0.25) is 0 Å². The highest BCUT2D eigenvalue weighted by molar-refractivity contribution is 5.97. The molecule has 0 aliphatic heterocycles. The van der Waals surface area contributed by atoms with E-state index < -0.39 is 5.97 Å². The monoisotopic (exact) mass is 393 g/mol. The normalized spacial score (nSPS) is 10.3. The Kier molecular flexibility index (Phi) is 6.13. The Balaban J connectivity index is 1.84. The molecule has 2 aromatic carbocycles. The van der Waals surface area contributed by atoms with E-state index in [0.717, 1.165) is 11.3 Å². The molecule has 0 unspecified atom stereocenters. The number of nitrogens with zero attached hydrogens (tertiary/aromatic N) is 3. The molecule has 1 heterocycles. The van der Waals surface area contributed by atoms with Crippen molar-refractivity contribution in [2.75, 3.05) is 37.2 Å². The summed E-state index contributed by atoms with van der Waals surface area (Å²) in [6.45, 7) is 0.535. The van der Waals surface area contributed by atoms with Crippen molar-refractivity contribution < 1.29 is 14.3 Å². The van der Waals surface area contributed by atoms with Gasteiger partial charge in [0.05, 0.1) is 25.5 Å². The lowest BCUT2D eigenvalue weighted by Gasteiger charge is -2.23. The molecule has 0 aliphatic rings. The van der Waals surface area contributed by atoms with E-state index >= 15 is 0 Å². The van der Waals surface area contributed by atoms with Gasteiger partial charge in [0.2, 0.25) is 0 Å². The van der Waals surface area contributed by atoms with Crippen LogP contribution in [0.15, 0.2) is 54.9 Å². The van der Waals surface area contributed by atoms with Crippen LogP contribution in [0.4, 0.5) is 23.0 Å². The van der Waals surface area contributed by atoms with Crippen molar-refractivity contribution in [1.29, 1.82) is 0 Å². The third-order valence-electron chi connectivity index (χ3n) is 4.47. The Morgan fingerprint density at radius 3 is 2.52 bits per heavy atom. The van der Waals surface area contributed by atoms with Gasteiger partial charge >= 0.3 is 5.97 Å². The highest BCUT2D eigenvalue weighted by atomic mass is 16.5. The van der Waals surface area contributed by atoms with Gasteiger partial charge in [0.1, 0.15) is 17.8 Å². The number of nitrogens with one attached hydrogen (secondary N) is 1. The van der Waals surface area contributed by atoms with Crippen LogP contribution < -0.4 is 20.7 Å². The fourth-order valence-corrected chi connectivity index (χ4v) is 2.89. The number of esters is 1. The molecule has 0 saturated carbocycles. The standard InChI is InChI=1S/C21H23N5O3/c1-26(17-7-5-4-6-16(17)21(27)29-3)20-18(22)19(24-13-25-20)23-12-14-8-10-15(28-2)11-9-14/h4-11,13H,12,22H2,1-3H3,(H,23,24,25). The Labute approximate surface area is 169 Å². The van der Waals surface area contributed by atoms with E-state index in [1.165, 1.54) is 13.4 Å². The van der Waals surface area contributed by atoms with Crippen LogP contribution in [0.3, 0.4) is 0 Å². The van der Waals surface area contributed by atoms with Gasteiger partial charge in [0.25, 0.3) is 0 Å². The smallest absolute Gasteiger partial charge is 0.339 e. The molecule has 8 heteroatoms. The van der Waals surface area contributed by atoms with E-state index in [2.05, 4.69) is 15.3 Å². The molecule has 0 spiro atoms. The number of carbonyl (C=O) groups is 1. The third kappa shape index (κ3) is 4.37. The molecule has 3 rings (SSSR count). The number of methoxy groups -OCH3 is 2. The number of para-hydroxylation sites is 1. The molecule has 0 saturated heterocycles. The minimum atomic E-state index is -0.432. The zero-order valence-electron chi connectivity index (χ0n) is 16.5. The summed E-state index contributed by atoms with van der Waals surface area (Å²) in [5.74, 6) is 1.35. The number of aromatic nitrogens is 2. The zero-order valence-corrected chi connectivity index (χ0v) is 16.5. The minimum absolute atomic E-state index is 0.378. The molecule has 0 aliphatic carbocycles. The summed E-state index contributed by atoms with van der Waals surface area (Å²) in [5, 5.41) is 3.23. The van der Waals surface area contributed by atoms with E-state index in [9.17, 15) is 4.79 Å². The number of hydrogen-bond acceptors (Lipinski definition) is 8. The van der Waals surface area contributed by atoms with Crippen molar-refractivity contribution in [2.45, 2.75) is 6.54 Å². The van der Waals surface area contributed by atoms with E-state index in [0.29, 0.717) is 35.1 Å². The average molecular weight is 393 g/mol. The number of carbonyl (C=O) groups excluding carboxylic acids is 1. The number of benzene rings is 2. The van der Waals surface area contributed by atoms with E-state index in [-0.39, 0.29) is 0 Å². The van der Waals surface area contributed by atoms with Crippen molar-refractivity contribution >= 4 is 29.0 Å². The zero-order chi connectivity index (χ0) is 20.8. The van der Waals surface area contributed by atoms with Crippen LogP contribution in [0.25, 0.3) is 0 Å². The predicted octanol–water partition coefficient (Wildman–Crippen LogP) is 3.23. The first-order chi connectivity index (χ1) is 14.0. The summed E-state index contributed by atoms with van der Waals surface area (Å²) in [4.78, 5) is 22.4. The fourth-order valence-electron chi connectivity index (χ4n) is 2.89. The predicted molar refractivity (Wildman–Crippen MR) is 113 cm³/mol. The number of ether oxygens (including phenoxy) is 2.